The van der Waals surface area contributed by atoms with Gasteiger partial charge in [0.2, 0.25) is 0 Å². The first-order chi connectivity index (χ1) is 20.7. The van der Waals surface area contributed by atoms with Crippen LogP contribution in [0.5, 0.6) is 0 Å². The fraction of sp³-hybridized carbons (Fsp3) is 0.0303. The van der Waals surface area contributed by atoms with Crippen molar-refractivity contribution in [3.8, 4) is 0 Å². The predicted molar refractivity (Wildman–Crippen MR) is 167 cm³/mol. The molecule has 10 rings (SSSR count). The SMILES string of the molecule is [CH3][Ga]1[n]2c3c4ccccc4c2N=C2N=C(N=c4c5ccccc5c([n]41)=NC1=NC(=N3)c3ccccc31)c1ccccc12. The number of aliphatic imine (C=N–C) groups is 4. The van der Waals surface area contributed by atoms with Crippen LogP contribution >= 0.6 is 0 Å². The van der Waals surface area contributed by atoms with Gasteiger partial charge in [-0.25, -0.2) is 0 Å². The Morgan fingerprint density at radius 1 is 0.405 bits per heavy atom. The van der Waals surface area contributed by atoms with Crippen LogP contribution in [0, 0.1) is 0 Å². The van der Waals surface area contributed by atoms with Crippen LogP contribution in [-0.4, -0.2) is 46.6 Å². The van der Waals surface area contributed by atoms with Gasteiger partial charge in [0.05, 0.1) is 0 Å². The van der Waals surface area contributed by atoms with Crippen molar-refractivity contribution in [1.82, 2.24) is 6.55 Å². The molecule has 0 saturated heterocycles. The monoisotopic (exact) mass is 596 g/mol. The van der Waals surface area contributed by atoms with Gasteiger partial charge < -0.3 is 0 Å². The summed E-state index contributed by atoms with van der Waals surface area (Å²) >= 11 is -2.85. The van der Waals surface area contributed by atoms with Gasteiger partial charge in [-0.3, -0.25) is 0 Å². The Labute approximate surface area is 244 Å². The second kappa shape index (κ2) is 8.00. The predicted octanol–water partition coefficient (Wildman–Crippen LogP) is 5.05. The molecule has 9 heteroatoms. The topological polar surface area (TPSA) is 84.0 Å². The van der Waals surface area contributed by atoms with E-state index in [0.29, 0.717) is 23.3 Å². The summed E-state index contributed by atoms with van der Waals surface area (Å²) in [6, 6.07) is 33.3. The first kappa shape index (κ1) is 22.6. The van der Waals surface area contributed by atoms with Crippen molar-refractivity contribution in [2.24, 2.45) is 30.0 Å². The maximum absolute atomic E-state index is 5.32. The molecule has 4 aliphatic heterocycles. The zero-order valence-electron chi connectivity index (χ0n) is 22.4. The van der Waals surface area contributed by atoms with Crippen LogP contribution in [0.2, 0.25) is 5.48 Å². The standard InChI is InChI=1S/C32H16N8.CH3.Ga/c1-2-10-18-17(9-1)25-33-26(18)38-28-21-13-5-6-14-22(21)30(35-28)40-32-24-16-8-7-15-23(24)31(36-32)39-29-20-12-4-3-11-19(20)27(34-29)37-25;;/h1-16H;1H3;/q-2;;+2. The molecule has 2 aromatic heterocycles. The van der Waals surface area contributed by atoms with Crippen molar-refractivity contribution < 1.29 is 0 Å². The second-order valence-electron chi connectivity index (χ2n) is 10.8. The first-order valence-corrected chi connectivity index (χ1v) is 18.6. The van der Waals surface area contributed by atoms with Crippen LogP contribution in [0.4, 0.5) is 11.6 Å². The fourth-order valence-corrected chi connectivity index (χ4v) is 11.8. The summed E-state index contributed by atoms with van der Waals surface area (Å²) in [6.45, 7) is 0. The van der Waals surface area contributed by atoms with Gasteiger partial charge in [-0.2, -0.15) is 0 Å². The van der Waals surface area contributed by atoms with Crippen LogP contribution in [0.1, 0.15) is 22.3 Å². The molecule has 0 saturated carbocycles. The molecule has 4 aliphatic rings. The third kappa shape index (κ3) is 2.83. The molecule has 0 atom stereocenters. The van der Waals surface area contributed by atoms with Gasteiger partial charge in [0.15, 0.2) is 0 Å². The molecule has 0 N–H and O–H groups in total. The van der Waals surface area contributed by atoms with Crippen LogP contribution in [0.25, 0.3) is 21.5 Å². The Morgan fingerprint density at radius 3 is 1.19 bits per heavy atom. The number of fused-ring (bicyclic) bond motifs is 14. The Kier molecular flexibility index (Phi) is 4.29. The van der Waals surface area contributed by atoms with Gasteiger partial charge in [-0.15, -0.1) is 0 Å². The number of nitrogens with zero attached hydrogens (tertiary/aromatic N) is 8. The molecule has 194 valence electrons. The number of hydrogen-bond donors (Lipinski definition) is 0. The van der Waals surface area contributed by atoms with E-state index in [2.05, 4.69) is 84.8 Å². The van der Waals surface area contributed by atoms with Crippen molar-refractivity contribution in [1.29, 1.82) is 0 Å². The van der Waals surface area contributed by atoms with E-state index in [1.165, 1.54) is 0 Å². The molecule has 6 bridgehead atoms. The van der Waals surface area contributed by atoms with Crippen LogP contribution in [0.3, 0.4) is 0 Å². The number of benzene rings is 4. The molecule has 0 radical (unpaired) electrons. The zero-order valence-corrected chi connectivity index (χ0v) is 24.8. The van der Waals surface area contributed by atoms with Gasteiger partial charge in [0, 0.05) is 0 Å². The quantitative estimate of drug-likeness (QED) is 0.220. The second-order valence-corrected chi connectivity index (χ2v) is 15.6. The molecule has 42 heavy (non-hydrogen) atoms. The van der Waals surface area contributed by atoms with Gasteiger partial charge in [0.25, 0.3) is 0 Å². The third-order valence-corrected chi connectivity index (χ3v) is 13.8. The van der Waals surface area contributed by atoms with E-state index in [9.17, 15) is 0 Å². The summed E-state index contributed by atoms with van der Waals surface area (Å²) < 4.78 is 4.77. The summed E-state index contributed by atoms with van der Waals surface area (Å²) in [5.74, 6) is 4.46. The molecule has 8 nitrogen and oxygen atoms in total. The van der Waals surface area contributed by atoms with Gasteiger partial charge in [0.1, 0.15) is 0 Å². The number of hydrogen-bond acceptors (Lipinski definition) is 6. The van der Waals surface area contributed by atoms with E-state index in [0.717, 1.165) is 66.4 Å². The average molecular weight is 597 g/mol. The van der Waals surface area contributed by atoms with Crippen molar-refractivity contribution in [3.63, 3.8) is 0 Å². The van der Waals surface area contributed by atoms with E-state index < -0.39 is 16.7 Å². The van der Waals surface area contributed by atoms with Crippen molar-refractivity contribution in [2.45, 2.75) is 5.48 Å². The number of rotatable bonds is 0. The Hall–Kier alpha value is -5.12. The molecule has 6 aromatic rings. The van der Waals surface area contributed by atoms with Crippen molar-refractivity contribution in [2.75, 3.05) is 0 Å². The fourth-order valence-electron chi connectivity index (χ4n) is 6.68. The molecule has 0 fully saturated rings. The molecule has 0 unspecified atom stereocenters. The Bertz CT molecular complexity index is 2330. The van der Waals surface area contributed by atoms with Crippen molar-refractivity contribution >= 4 is 73.2 Å². The van der Waals surface area contributed by atoms with Gasteiger partial charge in [-0.1, -0.05) is 0 Å². The number of amidine groups is 4. The van der Waals surface area contributed by atoms with E-state index >= 15 is 0 Å². The molecule has 4 aromatic carbocycles. The Balaban J connectivity index is 1.50. The van der Waals surface area contributed by atoms with Gasteiger partial charge in [-0.05, 0) is 0 Å². The summed E-state index contributed by atoms with van der Waals surface area (Å²) in [5, 5.41) is 4.19. The average Bonchev–Trinajstić information content (AvgIpc) is 3.74. The molecule has 0 spiro atoms. The van der Waals surface area contributed by atoms with E-state index in [-0.39, 0.29) is 0 Å². The summed E-state index contributed by atoms with van der Waals surface area (Å²) in [4.78, 5) is 31.4. The third-order valence-electron chi connectivity index (χ3n) is 8.57. The maximum atomic E-state index is 5.32. The molecule has 6 heterocycles. The summed E-state index contributed by atoms with van der Waals surface area (Å²) in [6.07, 6.45) is 0. The van der Waals surface area contributed by atoms with Crippen LogP contribution < -0.4 is 11.0 Å². The number of aromatic nitrogens is 2. The van der Waals surface area contributed by atoms with E-state index in [4.69, 9.17) is 30.0 Å². The summed E-state index contributed by atoms with van der Waals surface area (Å²) in [7, 11) is 0. The molecular weight excluding hydrogens is 578 g/mol. The van der Waals surface area contributed by atoms with Crippen LogP contribution in [-0.2, 0) is 0 Å². The van der Waals surface area contributed by atoms with E-state index in [1.807, 2.05) is 24.3 Å². The normalized spacial score (nSPS) is 15.7. The van der Waals surface area contributed by atoms with Crippen LogP contribution in [0.15, 0.2) is 127 Å². The minimum absolute atomic E-state index is 0.676. The molecule has 0 aliphatic carbocycles. The first-order valence-electron chi connectivity index (χ1n) is 14.0. The van der Waals surface area contributed by atoms with Crippen molar-refractivity contribution in [3.05, 3.63) is 130 Å². The molecular formula is C33H19GaN8. The Morgan fingerprint density at radius 2 is 0.762 bits per heavy atom. The minimum atomic E-state index is -2.85. The van der Waals surface area contributed by atoms with E-state index in [1.54, 1.807) is 0 Å². The zero-order chi connectivity index (χ0) is 27.5. The molecule has 0 amide bonds. The van der Waals surface area contributed by atoms with Gasteiger partial charge >= 0.3 is 245 Å². The summed E-state index contributed by atoms with van der Waals surface area (Å²) in [5.41, 5.74) is 8.04.